The number of nitrogens with one attached hydrogen (secondary N) is 1. The molecule has 1 aromatic heterocycles. The zero-order valence-corrected chi connectivity index (χ0v) is 12.5. The van der Waals surface area contributed by atoms with Crippen LogP contribution in [0.1, 0.15) is 5.69 Å². The highest BCUT2D eigenvalue weighted by Crippen LogP contribution is 2.29. The number of rotatable bonds is 4. The summed E-state index contributed by atoms with van der Waals surface area (Å²) in [4.78, 5) is -0.294. The van der Waals surface area contributed by atoms with Gasteiger partial charge in [-0.15, -0.1) is 0 Å². The lowest BCUT2D eigenvalue weighted by molar-refractivity contribution is 0.388. The molecule has 0 amide bonds. The third kappa shape index (κ3) is 2.92. The first-order chi connectivity index (χ1) is 9.74. The standard InChI is InChI=1S/C12H15FN4O3S/c1-7-4-11(17(2)15-7)16-21(18,19)8-5-9(13)12(20-3)10(14)6-8/h4-6,16H,14H2,1-3H3. The molecule has 0 aliphatic heterocycles. The summed E-state index contributed by atoms with van der Waals surface area (Å²) in [5.74, 6) is -0.772. The van der Waals surface area contributed by atoms with Gasteiger partial charge in [0, 0.05) is 13.1 Å². The monoisotopic (exact) mass is 314 g/mol. The van der Waals surface area contributed by atoms with Crippen molar-refractivity contribution in [3.8, 4) is 5.75 Å². The van der Waals surface area contributed by atoms with Crippen molar-refractivity contribution in [3.63, 3.8) is 0 Å². The highest BCUT2D eigenvalue weighted by Gasteiger charge is 2.20. The van der Waals surface area contributed by atoms with E-state index >= 15 is 0 Å². The number of aryl methyl sites for hydroxylation is 2. The third-order valence-corrected chi connectivity index (χ3v) is 4.14. The zero-order valence-electron chi connectivity index (χ0n) is 11.7. The number of hydrogen-bond donors (Lipinski definition) is 2. The molecule has 0 saturated carbocycles. The maximum atomic E-state index is 13.7. The highest BCUT2D eigenvalue weighted by atomic mass is 32.2. The molecule has 0 unspecified atom stereocenters. The minimum atomic E-state index is -3.98. The van der Waals surface area contributed by atoms with Crippen LogP contribution in [-0.2, 0) is 17.1 Å². The van der Waals surface area contributed by atoms with Crippen molar-refractivity contribution in [2.45, 2.75) is 11.8 Å². The minimum absolute atomic E-state index is 0.0981. The summed E-state index contributed by atoms with van der Waals surface area (Å²) in [5.41, 5.74) is 6.13. The first-order valence-electron chi connectivity index (χ1n) is 5.91. The summed E-state index contributed by atoms with van der Waals surface area (Å²) < 4.78 is 46.7. The number of halogens is 1. The van der Waals surface area contributed by atoms with Gasteiger partial charge >= 0.3 is 0 Å². The summed E-state index contributed by atoms with van der Waals surface area (Å²) >= 11 is 0. The Morgan fingerprint density at radius 2 is 2.05 bits per heavy atom. The van der Waals surface area contributed by atoms with Gasteiger partial charge in [-0.25, -0.2) is 12.8 Å². The lowest BCUT2D eigenvalue weighted by Gasteiger charge is -2.11. The van der Waals surface area contributed by atoms with E-state index in [1.54, 1.807) is 20.0 Å². The molecule has 9 heteroatoms. The van der Waals surface area contributed by atoms with Gasteiger partial charge in [0.05, 0.1) is 23.4 Å². The molecule has 114 valence electrons. The normalized spacial score (nSPS) is 11.4. The Kier molecular flexibility index (Phi) is 3.77. The number of methoxy groups -OCH3 is 1. The fourth-order valence-corrected chi connectivity index (χ4v) is 2.99. The van der Waals surface area contributed by atoms with Crippen molar-refractivity contribution < 1.29 is 17.5 Å². The van der Waals surface area contributed by atoms with Crippen molar-refractivity contribution >= 4 is 21.5 Å². The molecule has 0 aliphatic rings. The Morgan fingerprint density at radius 1 is 1.38 bits per heavy atom. The van der Waals surface area contributed by atoms with Crippen LogP contribution < -0.4 is 15.2 Å². The van der Waals surface area contributed by atoms with Crippen molar-refractivity contribution in [3.05, 3.63) is 29.7 Å². The molecule has 0 atom stereocenters. The van der Waals surface area contributed by atoms with Crippen LogP contribution in [0.15, 0.2) is 23.1 Å². The van der Waals surface area contributed by atoms with Gasteiger partial charge in [0.15, 0.2) is 11.6 Å². The SMILES string of the molecule is COc1c(N)cc(S(=O)(=O)Nc2cc(C)nn2C)cc1F. The molecule has 0 aliphatic carbocycles. The second-order valence-corrected chi connectivity index (χ2v) is 6.11. The second-order valence-electron chi connectivity index (χ2n) is 4.43. The van der Waals surface area contributed by atoms with E-state index in [0.717, 1.165) is 12.1 Å². The maximum Gasteiger partial charge on any atom is 0.263 e. The van der Waals surface area contributed by atoms with Gasteiger partial charge in [0.2, 0.25) is 0 Å². The lowest BCUT2D eigenvalue weighted by Crippen LogP contribution is -2.16. The first-order valence-corrected chi connectivity index (χ1v) is 7.39. The fourth-order valence-electron chi connectivity index (χ4n) is 1.86. The summed E-state index contributed by atoms with van der Waals surface area (Å²) in [6.45, 7) is 1.73. The number of nitrogen functional groups attached to an aromatic ring is 1. The van der Waals surface area contributed by atoms with Crippen LogP contribution in [0, 0.1) is 12.7 Å². The summed E-state index contributed by atoms with van der Waals surface area (Å²) in [6, 6.07) is 3.54. The molecule has 7 nitrogen and oxygen atoms in total. The van der Waals surface area contributed by atoms with Crippen LogP contribution in [0.25, 0.3) is 0 Å². The van der Waals surface area contributed by atoms with Gasteiger partial charge in [-0.05, 0) is 19.1 Å². The Morgan fingerprint density at radius 3 is 2.52 bits per heavy atom. The number of benzene rings is 1. The number of ether oxygens (including phenoxy) is 1. The van der Waals surface area contributed by atoms with Crippen LogP contribution in [0.2, 0.25) is 0 Å². The van der Waals surface area contributed by atoms with Gasteiger partial charge in [-0.1, -0.05) is 0 Å². The van der Waals surface area contributed by atoms with Crippen molar-refractivity contribution in [2.75, 3.05) is 17.6 Å². The van der Waals surface area contributed by atoms with E-state index < -0.39 is 15.8 Å². The average molecular weight is 314 g/mol. The smallest absolute Gasteiger partial charge is 0.263 e. The molecule has 1 aromatic carbocycles. The molecule has 21 heavy (non-hydrogen) atoms. The number of aromatic nitrogens is 2. The third-order valence-electron chi connectivity index (χ3n) is 2.80. The topological polar surface area (TPSA) is 99.2 Å². The van der Waals surface area contributed by atoms with E-state index in [0.29, 0.717) is 5.69 Å². The van der Waals surface area contributed by atoms with Gasteiger partial charge < -0.3 is 10.5 Å². The van der Waals surface area contributed by atoms with Gasteiger partial charge in [-0.2, -0.15) is 5.10 Å². The Balaban J connectivity index is 2.43. The first kappa shape index (κ1) is 15.1. The van der Waals surface area contributed by atoms with E-state index in [4.69, 9.17) is 10.5 Å². The second kappa shape index (κ2) is 5.24. The molecule has 0 saturated heterocycles. The summed E-state index contributed by atoms with van der Waals surface area (Å²) in [7, 11) is -1.14. The number of hydrogen-bond acceptors (Lipinski definition) is 5. The van der Waals surface area contributed by atoms with E-state index in [9.17, 15) is 12.8 Å². The molecule has 0 bridgehead atoms. The Labute approximate surface area is 121 Å². The van der Waals surface area contributed by atoms with Crippen molar-refractivity contribution in [1.29, 1.82) is 0 Å². The van der Waals surface area contributed by atoms with Crippen LogP contribution in [0.4, 0.5) is 15.9 Å². The quantitative estimate of drug-likeness (QED) is 0.828. The predicted molar refractivity (Wildman–Crippen MR) is 76.1 cm³/mol. The summed E-state index contributed by atoms with van der Waals surface area (Å²) in [5, 5.41) is 4.02. The van der Waals surface area contributed by atoms with Gasteiger partial charge in [0.1, 0.15) is 5.82 Å². The molecule has 3 N–H and O–H groups in total. The van der Waals surface area contributed by atoms with Gasteiger partial charge in [0.25, 0.3) is 10.0 Å². The zero-order chi connectivity index (χ0) is 15.8. The average Bonchev–Trinajstić information content (AvgIpc) is 2.66. The minimum Gasteiger partial charge on any atom is -0.492 e. The van der Waals surface area contributed by atoms with E-state index in [-0.39, 0.29) is 22.2 Å². The number of nitrogens with zero attached hydrogens (tertiary/aromatic N) is 2. The number of nitrogens with two attached hydrogens (primary N) is 1. The molecular weight excluding hydrogens is 299 g/mol. The van der Waals surface area contributed by atoms with Crippen LogP contribution >= 0.6 is 0 Å². The van der Waals surface area contributed by atoms with Crippen molar-refractivity contribution in [2.24, 2.45) is 7.05 Å². The van der Waals surface area contributed by atoms with E-state index in [1.165, 1.54) is 11.8 Å². The highest BCUT2D eigenvalue weighted by molar-refractivity contribution is 7.92. The molecule has 0 fully saturated rings. The van der Waals surface area contributed by atoms with Crippen LogP contribution in [0.5, 0.6) is 5.75 Å². The Bertz CT molecular complexity index is 763. The predicted octanol–water partition coefficient (Wildman–Crippen LogP) is 1.26. The summed E-state index contributed by atoms with van der Waals surface area (Å²) in [6.07, 6.45) is 0. The number of anilines is 2. The van der Waals surface area contributed by atoms with Crippen molar-refractivity contribution in [1.82, 2.24) is 9.78 Å². The lowest BCUT2D eigenvalue weighted by atomic mass is 10.3. The van der Waals surface area contributed by atoms with Crippen LogP contribution in [-0.4, -0.2) is 25.3 Å². The molecule has 2 rings (SSSR count). The molecule has 0 spiro atoms. The van der Waals surface area contributed by atoms with E-state index in [2.05, 4.69) is 9.82 Å². The largest absolute Gasteiger partial charge is 0.492 e. The molecule has 0 radical (unpaired) electrons. The fraction of sp³-hybridized carbons (Fsp3) is 0.250. The maximum absolute atomic E-state index is 13.7. The van der Waals surface area contributed by atoms with Crippen LogP contribution in [0.3, 0.4) is 0 Å². The van der Waals surface area contributed by atoms with Gasteiger partial charge in [-0.3, -0.25) is 9.40 Å². The Hall–Kier alpha value is -2.29. The molecular formula is C12H15FN4O3S. The molecule has 2 aromatic rings. The van der Waals surface area contributed by atoms with E-state index in [1.807, 2.05) is 0 Å². The number of sulfonamides is 1. The molecule has 1 heterocycles.